The number of alkyl halides is 6. The molecule has 2 N–H and O–H groups in total. The Hall–Kier alpha value is -3.85. The Morgan fingerprint density at radius 3 is 2.11 bits per heavy atom. The summed E-state index contributed by atoms with van der Waals surface area (Å²) in [5, 5.41) is 14.0. The van der Waals surface area contributed by atoms with E-state index in [2.05, 4.69) is 14.8 Å². The van der Waals surface area contributed by atoms with Gasteiger partial charge in [-0.05, 0) is 60.4 Å². The van der Waals surface area contributed by atoms with Gasteiger partial charge in [-0.25, -0.2) is 14.5 Å². The van der Waals surface area contributed by atoms with E-state index in [1.807, 2.05) is 0 Å². The van der Waals surface area contributed by atoms with Gasteiger partial charge in [-0.3, -0.25) is 0 Å². The lowest BCUT2D eigenvalue weighted by atomic mass is 10.00. The van der Waals surface area contributed by atoms with Gasteiger partial charge in [0.2, 0.25) is 0 Å². The molecule has 248 valence electrons. The van der Waals surface area contributed by atoms with Crippen molar-refractivity contribution >= 4 is 23.5 Å². The lowest BCUT2D eigenvalue weighted by molar-refractivity contribution is -0.333. The summed E-state index contributed by atoms with van der Waals surface area (Å²) in [5.74, 6) is -7.94. The fourth-order valence-electron chi connectivity index (χ4n) is 4.86. The molecule has 8 nitrogen and oxygen atoms in total. The molecule has 3 aromatic rings. The van der Waals surface area contributed by atoms with Gasteiger partial charge in [0.25, 0.3) is 0 Å². The van der Waals surface area contributed by atoms with Crippen LogP contribution < -0.4 is 10.1 Å². The van der Waals surface area contributed by atoms with Crippen molar-refractivity contribution in [3.05, 3.63) is 95.0 Å². The summed E-state index contributed by atoms with van der Waals surface area (Å²) in [6.07, 6.45) is -13.7. The van der Waals surface area contributed by atoms with E-state index in [1.165, 1.54) is 0 Å². The Morgan fingerprint density at radius 1 is 0.891 bits per heavy atom. The number of benzene rings is 3. The molecule has 0 aliphatic carbocycles. The number of aliphatic hydroxyl groups excluding tert-OH is 1. The van der Waals surface area contributed by atoms with E-state index in [-0.39, 0.29) is 32.5 Å². The Kier molecular flexibility index (Phi) is 11.2. The van der Waals surface area contributed by atoms with Crippen LogP contribution in [0.4, 0.5) is 26.3 Å². The molecule has 1 aliphatic heterocycles. The van der Waals surface area contributed by atoms with Gasteiger partial charge in [-0.15, -0.1) is 0 Å². The first kappa shape index (κ1) is 35.0. The number of carbonyl (C=O) groups excluding carboxylic acids is 2. The minimum absolute atomic E-state index is 0.114. The molecule has 1 saturated heterocycles. The van der Waals surface area contributed by atoms with E-state index in [9.17, 15) is 41.0 Å². The number of carbonyl (C=O) groups is 2. The lowest BCUT2D eigenvalue weighted by Crippen LogP contribution is -2.64. The van der Waals surface area contributed by atoms with Gasteiger partial charge in [0, 0.05) is 30.7 Å². The number of aliphatic hydroxyl groups is 1. The molecule has 1 fully saturated rings. The summed E-state index contributed by atoms with van der Waals surface area (Å²) in [6, 6.07) is 21.8. The molecule has 46 heavy (non-hydrogen) atoms. The molecule has 1 heterocycles. The summed E-state index contributed by atoms with van der Waals surface area (Å²) in [6.45, 7) is -0.545. The van der Waals surface area contributed by atoms with Crippen LogP contribution in [0.2, 0.25) is 5.02 Å². The Bertz CT molecular complexity index is 1440. The SMILES string of the molecule is O=C(OC1(OC(=O)C(F)(F)F)CC(O)CCN1CC(Cc1ccccc1)NCc1cccc(Oc2ccc(Cl)cc2)c1)C(F)(F)F. The summed E-state index contributed by atoms with van der Waals surface area (Å²) < 4.78 is 94.5. The molecule has 0 saturated carbocycles. The van der Waals surface area contributed by atoms with E-state index in [4.69, 9.17) is 16.3 Å². The summed E-state index contributed by atoms with van der Waals surface area (Å²) >= 11 is 5.92. The largest absolute Gasteiger partial charge is 0.491 e. The molecule has 3 aromatic carbocycles. The molecule has 0 spiro atoms. The summed E-state index contributed by atoms with van der Waals surface area (Å²) in [5.41, 5.74) is 1.49. The van der Waals surface area contributed by atoms with E-state index in [1.54, 1.807) is 78.9 Å². The molecule has 0 bridgehead atoms. The van der Waals surface area contributed by atoms with Crippen molar-refractivity contribution in [2.45, 2.75) is 56.2 Å². The highest BCUT2D eigenvalue weighted by atomic mass is 35.5. The van der Waals surface area contributed by atoms with Gasteiger partial charge >= 0.3 is 30.2 Å². The number of hydrogen-bond donors (Lipinski definition) is 2. The van der Waals surface area contributed by atoms with Gasteiger partial charge in [-0.2, -0.15) is 26.3 Å². The van der Waals surface area contributed by atoms with Gasteiger partial charge in [-0.1, -0.05) is 54.1 Å². The molecule has 0 aromatic heterocycles. The molecule has 0 radical (unpaired) electrons. The number of ether oxygens (including phenoxy) is 3. The second-order valence-corrected chi connectivity index (χ2v) is 11.0. The fourth-order valence-corrected chi connectivity index (χ4v) is 4.98. The maximum Gasteiger partial charge on any atom is 0.491 e. The number of likely N-dealkylation sites (tertiary alicyclic amines) is 1. The first-order valence-corrected chi connectivity index (χ1v) is 14.3. The highest BCUT2D eigenvalue weighted by Gasteiger charge is 2.57. The zero-order chi connectivity index (χ0) is 33.5. The second-order valence-electron chi connectivity index (χ2n) is 10.6. The molecule has 15 heteroatoms. The van der Waals surface area contributed by atoms with Crippen LogP contribution in [-0.4, -0.2) is 65.4 Å². The first-order valence-electron chi connectivity index (χ1n) is 14.0. The third kappa shape index (κ3) is 9.82. The standard InChI is InChI=1S/C31H29ClF6N2O6/c32-22-9-11-25(12-10-22)44-26-8-4-7-21(16-26)18-39-23(15-20-5-2-1-3-6-20)19-40-14-13-24(41)17-29(40,45-27(42)30(33,34)35)46-28(43)31(36,37)38/h1-12,16,23-24,39,41H,13-15,17-19H2. The predicted octanol–water partition coefficient (Wildman–Crippen LogP) is 6.15. The van der Waals surface area contributed by atoms with E-state index < -0.39 is 48.8 Å². The highest BCUT2D eigenvalue weighted by Crippen LogP contribution is 2.36. The number of piperidine rings is 1. The smallest absolute Gasteiger partial charge is 0.457 e. The highest BCUT2D eigenvalue weighted by molar-refractivity contribution is 6.30. The van der Waals surface area contributed by atoms with Crippen LogP contribution in [0.5, 0.6) is 11.5 Å². The molecular weight excluding hydrogens is 646 g/mol. The Morgan fingerprint density at radius 2 is 1.50 bits per heavy atom. The third-order valence-corrected chi connectivity index (χ3v) is 7.24. The number of esters is 2. The van der Waals surface area contributed by atoms with Crippen LogP contribution in [0, 0.1) is 0 Å². The third-order valence-electron chi connectivity index (χ3n) is 6.98. The van der Waals surface area contributed by atoms with Gasteiger partial charge < -0.3 is 24.6 Å². The van der Waals surface area contributed by atoms with Crippen LogP contribution in [0.15, 0.2) is 78.9 Å². The monoisotopic (exact) mass is 674 g/mol. The normalized spacial score (nSPS) is 17.6. The van der Waals surface area contributed by atoms with Crippen molar-refractivity contribution in [3.8, 4) is 11.5 Å². The minimum atomic E-state index is -5.63. The van der Waals surface area contributed by atoms with Gasteiger partial charge in [0.1, 0.15) is 11.5 Å². The Labute approximate surface area is 264 Å². The van der Waals surface area contributed by atoms with Crippen molar-refractivity contribution in [2.75, 3.05) is 13.1 Å². The van der Waals surface area contributed by atoms with Crippen molar-refractivity contribution in [3.63, 3.8) is 0 Å². The van der Waals surface area contributed by atoms with Crippen molar-refractivity contribution < 1.29 is 55.2 Å². The average molecular weight is 675 g/mol. The maximum absolute atomic E-state index is 13.3. The quantitative estimate of drug-likeness (QED) is 0.142. The van der Waals surface area contributed by atoms with Crippen LogP contribution >= 0.6 is 11.6 Å². The van der Waals surface area contributed by atoms with Crippen LogP contribution in [0.3, 0.4) is 0 Å². The first-order chi connectivity index (χ1) is 21.6. The number of halogens is 7. The number of rotatable bonds is 11. The minimum Gasteiger partial charge on any atom is -0.457 e. The van der Waals surface area contributed by atoms with Crippen LogP contribution in [-0.2, 0) is 32.0 Å². The number of nitrogens with one attached hydrogen (secondary N) is 1. The summed E-state index contributed by atoms with van der Waals surface area (Å²) in [4.78, 5) is 24.7. The topological polar surface area (TPSA) is 97.3 Å². The van der Waals surface area contributed by atoms with Gasteiger partial charge in [0.15, 0.2) is 0 Å². The zero-order valence-electron chi connectivity index (χ0n) is 24.0. The van der Waals surface area contributed by atoms with Crippen LogP contribution in [0.25, 0.3) is 0 Å². The fraction of sp³-hybridized carbons (Fsp3) is 0.355. The molecule has 2 unspecified atom stereocenters. The second kappa shape index (κ2) is 14.7. The summed E-state index contributed by atoms with van der Waals surface area (Å²) in [7, 11) is 0. The van der Waals surface area contributed by atoms with E-state index in [0.717, 1.165) is 16.0 Å². The van der Waals surface area contributed by atoms with E-state index >= 15 is 0 Å². The lowest BCUT2D eigenvalue weighted by Gasteiger charge is -2.46. The van der Waals surface area contributed by atoms with E-state index in [0.29, 0.717) is 16.5 Å². The molecule has 4 rings (SSSR count). The predicted molar refractivity (Wildman–Crippen MR) is 153 cm³/mol. The number of hydrogen-bond acceptors (Lipinski definition) is 8. The van der Waals surface area contributed by atoms with Gasteiger partial charge in [0.05, 0.1) is 12.5 Å². The van der Waals surface area contributed by atoms with Crippen LogP contribution in [0.1, 0.15) is 24.0 Å². The number of nitrogens with zero attached hydrogens (tertiary/aromatic N) is 1. The average Bonchev–Trinajstić information content (AvgIpc) is 2.98. The van der Waals surface area contributed by atoms with Crippen molar-refractivity contribution in [1.29, 1.82) is 0 Å². The molecule has 0 amide bonds. The molecular formula is C31H29ClF6N2O6. The zero-order valence-corrected chi connectivity index (χ0v) is 24.7. The Balaban J connectivity index is 1.60. The molecule has 2 atom stereocenters. The van der Waals surface area contributed by atoms with Crippen molar-refractivity contribution in [1.82, 2.24) is 10.2 Å². The maximum atomic E-state index is 13.3. The molecule has 1 aliphatic rings. The van der Waals surface area contributed by atoms with Crippen molar-refractivity contribution in [2.24, 2.45) is 0 Å².